The summed E-state index contributed by atoms with van der Waals surface area (Å²) in [6, 6.07) is 9.91. The van der Waals surface area contributed by atoms with Gasteiger partial charge in [0.1, 0.15) is 0 Å². The highest BCUT2D eigenvalue weighted by Crippen LogP contribution is 2.07. The van der Waals surface area contributed by atoms with Crippen molar-refractivity contribution in [1.29, 1.82) is 0 Å². The summed E-state index contributed by atoms with van der Waals surface area (Å²) in [6.07, 6.45) is 0. The number of nitrogens with one attached hydrogen (secondary N) is 1. The van der Waals surface area contributed by atoms with Crippen LogP contribution in [0.15, 0.2) is 30.3 Å². The molecule has 0 amide bonds. The molecule has 0 fully saturated rings. The molecule has 5 heteroatoms. The monoisotopic (exact) mass is 270 g/mol. The molecule has 0 unspecified atom stereocenters. The zero-order valence-electron chi connectivity index (χ0n) is 11.3. The van der Waals surface area contributed by atoms with E-state index < -0.39 is 10.0 Å². The van der Waals surface area contributed by atoms with Gasteiger partial charge in [0, 0.05) is 26.2 Å². The smallest absolute Gasteiger partial charge is 0.215 e. The van der Waals surface area contributed by atoms with Crippen molar-refractivity contribution in [3.8, 4) is 0 Å². The average Bonchev–Trinajstić information content (AvgIpc) is 2.29. The first-order valence-corrected chi connectivity index (χ1v) is 7.74. The van der Waals surface area contributed by atoms with Crippen LogP contribution in [0.1, 0.15) is 19.4 Å². The number of nitrogens with zero attached hydrogens (tertiary/aromatic N) is 1. The lowest BCUT2D eigenvalue weighted by Crippen LogP contribution is -2.35. The molecule has 0 atom stereocenters. The molecular weight excluding hydrogens is 248 g/mol. The predicted molar refractivity (Wildman–Crippen MR) is 74.8 cm³/mol. The van der Waals surface area contributed by atoms with E-state index in [2.05, 4.69) is 5.32 Å². The first-order valence-electron chi connectivity index (χ1n) is 6.13. The highest BCUT2D eigenvalue weighted by atomic mass is 32.2. The van der Waals surface area contributed by atoms with Gasteiger partial charge in [0.2, 0.25) is 10.0 Å². The van der Waals surface area contributed by atoms with E-state index in [0.29, 0.717) is 19.1 Å². The molecule has 102 valence electrons. The highest BCUT2D eigenvalue weighted by Gasteiger charge is 2.17. The third-order valence-electron chi connectivity index (χ3n) is 2.64. The van der Waals surface area contributed by atoms with Crippen LogP contribution in [0.25, 0.3) is 0 Å². The van der Waals surface area contributed by atoms with Crippen molar-refractivity contribution in [2.75, 3.05) is 19.3 Å². The van der Waals surface area contributed by atoms with E-state index in [1.165, 1.54) is 4.31 Å². The third-order valence-corrected chi connectivity index (χ3v) is 4.43. The van der Waals surface area contributed by atoms with Gasteiger partial charge in [-0.3, -0.25) is 0 Å². The van der Waals surface area contributed by atoms with E-state index in [4.69, 9.17) is 0 Å². The maximum atomic E-state index is 12.0. The minimum absolute atomic E-state index is 0.133. The lowest BCUT2D eigenvalue weighted by atomic mass is 10.2. The van der Waals surface area contributed by atoms with Gasteiger partial charge in [0.25, 0.3) is 0 Å². The Hall–Kier alpha value is -0.910. The summed E-state index contributed by atoms with van der Waals surface area (Å²) in [5.74, 6) is 0.133. The van der Waals surface area contributed by atoms with Gasteiger partial charge in [-0.25, -0.2) is 12.7 Å². The standard InChI is InChI=1S/C13H22N2O2S/c1-12(2)14-9-10-18(16,17)15(3)11-13-7-5-4-6-8-13/h4-8,12,14H,9-11H2,1-3H3. The van der Waals surface area contributed by atoms with Crippen LogP contribution in [0.5, 0.6) is 0 Å². The first-order chi connectivity index (χ1) is 8.42. The van der Waals surface area contributed by atoms with Crippen LogP contribution in [0, 0.1) is 0 Å². The van der Waals surface area contributed by atoms with Crippen molar-refractivity contribution in [1.82, 2.24) is 9.62 Å². The Balaban J connectivity index is 2.52. The largest absolute Gasteiger partial charge is 0.313 e. The molecular formula is C13H22N2O2S. The molecule has 0 aromatic heterocycles. The molecule has 0 bridgehead atoms. The summed E-state index contributed by atoms with van der Waals surface area (Å²) in [6.45, 7) is 4.91. The normalized spacial score (nSPS) is 12.3. The van der Waals surface area contributed by atoms with Gasteiger partial charge in [-0.1, -0.05) is 44.2 Å². The van der Waals surface area contributed by atoms with E-state index in [1.807, 2.05) is 44.2 Å². The van der Waals surface area contributed by atoms with Crippen LogP contribution in [0.4, 0.5) is 0 Å². The molecule has 1 aromatic carbocycles. The maximum absolute atomic E-state index is 12.0. The summed E-state index contributed by atoms with van der Waals surface area (Å²) < 4.78 is 25.4. The summed E-state index contributed by atoms with van der Waals surface area (Å²) in [5.41, 5.74) is 1.00. The minimum Gasteiger partial charge on any atom is -0.313 e. The summed E-state index contributed by atoms with van der Waals surface area (Å²) in [4.78, 5) is 0. The molecule has 0 aliphatic carbocycles. The molecule has 1 rings (SSSR count). The van der Waals surface area contributed by atoms with Gasteiger partial charge >= 0.3 is 0 Å². The molecule has 0 radical (unpaired) electrons. The molecule has 0 saturated carbocycles. The van der Waals surface area contributed by atoms with Gasteiger partial charge in [-0.15, -0.1) is 0 Å². The Bertz CT molecular complexity index is 443. The Morgan fingerprint density at radius 2 is 1.83 bits per heavy atom. The van der Waals surface area contributed by atoms with Crippen molar-refractivity contribution >= 4 is 10.0 Å². The number of sulfonamides is 1. The van der Waals surface area contributed by atoms with Crippen molar-refractivity contribution in [2.24, 2.45) is 0 Å². The molecule has 4 nitrogen and oxygen atoms in total. The Kier molecular flexibility index (Phi) is 5.78. The second-order valence-corrected chi connectivity index (χ2v) is 6.86. The lowest BCUT2D eigenvalue weighted by molar-refractivity contribution is 0.463. The molecule has 18 heavy (non-hydrogen) atoms. The molecule has 0 aliphatic heterocycles. The summed E-state index contributed by atoms with van der Waals surface area (Å²) in [5, 5.41) is 3.11. The molecule has 1 N–H and O–H groups in total. The van der Waals surface area contributed by atoms with Crippen molar-refractivity contribution < 1.29 is 8.42 Å². The minimum atomic E-state index is -3.18. The van der Waals surface area contributed by atoms with E-state index >= 15 is 0 Å². The molecule has 0 spiro atoms. The van der Waals surface area contributed by atoms with Crippen LogP contribution < -0.4 is 5.32 Å². The lowest BCUT2D eigenvalue weighted by Gasteiger charge is -2.18. The van der Waals surface area contributed by atoms with E-state index in [1.54, 1.807) is 7.05 Å². The van der Waals surface area contributed by atoms with E-state index in [-0.39, 0.29) is 5.75 Å². The van der Waals surface area contributed by atoms with Crippen molar-refractivity contribution in [3.05, 3.63) is 35.9 Å². The van der Waals surface area contributed by atoms with Gasteiger partial charge in [0.05, 0.1) is 5.75 Å². The Morgan fingerprint density at radius 1 is 1.22 bits per heavy atom. The topological polar surface area (TPSA) is 49.4 Å². The SMILES string of the molecule is CC(C)NCCS(=O)(=O)N(C)Cc1ccccc1. The van der Waals surface area contributed by atoms with E-state index in [9.17, 15) is 8.42 Å². The van der Waals surface area contributed by atoms with Gasteiger partial charge in [-0.05, 0) is 5.56 Å². The van der Waals surface area contributed by atoms with Crippen LogP contribution in [-0.2, 0) is 16.6 Å². The number of hydrogen-bond acceptors (Lipinski definition) is 3. The zero-order chi connectivity index (χ0) is 13.6. The highest BCUT2D eigenvalue weighted by molar-refractivity contribution is 7.89. The third kappa shape index (κ3) is 5.16. The van der Waals surface area contributed by atoms with Gasteiger partial charge < -0.3 is 5.32 Å². The van der Waals surface area contributed by atoms with Crippen molar-refractivity contribution in [2.45, 2.75) is 26.4 Å². The molecule has 0 heterocycles. The quantitative estimate of drug-likeness (QED) is 0.816. The van der Waals surface area contributed by atoms with E-state index in [0.717, 1.165) is 5.56 Å². The van der Waals surface area contributed by atoms with Crippen LogP contribution in [0.3, 0.4) is 0 Å². The van der Waals surface area contributed by atoms with Crippen molar-refractivity contribution in [3.63, 3.8) is 0 Å². The van der Waals surface area contributed by atoms with Gasteiger partial charge in [0.15, 0.2) is 0 Å². The molecule has 1 aromatic rings. The average molecular weight is 270 g/mol. The summed E-state index contributed by atoms with van der Waals surface area (Å²) >= 11 is 0. The second kappa shape index (κ2) is 6.87. The van der Waals surface area contributed by atoms with Crippen LogP contribution in [0.2, 0.25) is 0 Å². The number of benzene rings is 1. The molecule has 0 saturated heterocycles. The maximum Gasteiger partial charge on any atom is 0.215 e. The first kappa shape index (κ1) is 15.1. The van der Waals surface area contributed by atoms with Crippen LogP contribution in [-0.4, -0.2) is 38.1 Å². The van der Waals surface area contributed by atoms with Crippen LogP contribution >= 0.6 is 0 Å². The Labute approximate surface area is 110 Å². The Morgan fingerprint density at radius 3 is 2.39 bits per heavy atom. The summed E-state index contributed by atoms with van der Waals surface area (Å²) in [7, 11) is -1.56. The van der Waals surface area contributed by atoms with Gasteiger partial charge in [-0.2, -0.15) is 0 Å². The molecule has 0 aliphatic rings. The fourth-order valence-corrected chi connectivity index (χ4v) is 2.60. The second-order valence-electron chi connectivity index (χ2n) is 4.67. The predicted octanol–water partition coefficient (Wildman–Crippen LogP) is 1.45. The number of rotatable bonds is 7. The fourth-order valence-electron chi connectivity index (χ4n) is 1.57. The number of hydrogen-bond donors (Lipinski definition) is 1. The fraction of sp³-hybridized carbons (Fsp3) is 0.538. The zero-order valence-corrected chi connectivity index (χ0v) is 12.1.